The number of anilines is 1. The van der Waals surface area contributed by atoms with Crippen LogP contribution in [-0.2, 0) is 16.2 Å². The van der Waals surface area contributed by atoms with Gasteiger partial charge in [-0.25, -0.2) is 9.69 Å². The van der Waals surface area contributed by atoms with Crippen molar-refractivity contribution in [2.45, 2.75) is 20.5 Å². The molecule has 1 fully saturated rings. The monoisotopic (exact) mass is 500 g/mol. The van der Waals surface area contributed by atoms with E-state index in [1.807, 2.05) is 32.0 Å². The van der Waals surface area contributed by atoms with Crippen LogP contribution in [0.3, 0.4) is 0 Å². The molecule has 0 saturated carbocycles. The maximum absolute atomic E-state index is 13.2. The number of aryl methyl sites for hydroxylation is 1. The summed E-state index contributed by atoms with van der Waals surface area (Å²) >= 11 is 0. The quantitative estimate of drug-likeness (QED) is 0.380. The minimum atomic E-state index is -0.793. The highest BCUT2D eigenvalue weighted by molar-refractivity contribution is 6.39. The molecule has 2 heterocycles. The second-order valence-corrected chi connectivity index (χ2v) is 8.41. The predicted octanol–water partition coefficient (Wildman–Crippen LogP) is 4.37. The van der Waals surface area contributed by atoms with Gasteiger partial charge in [-0.3, -0.25) is 14.9 Å². The maximum Gasteiger partial charge on any atom is 0.335 e. The Morgan fingerprint density at radius 2 is 1.70 bits per heavy atom. The van der Waals surface area contributed by atoms with Crippen LogP contribution in [0.15, 0.2) is 66.2 Å². The maximum atomic E-state index is 13.2. The van der Waals surface area contributed by atoms with E-state index in [9.17, 15) is 14.4 Å². The SMILES string of the molecule is CCOc1cc(/C=C2\C(=O)NC(=O)N(c3ccc(C)cc3)C2=O)ccc1OCc1ccc2c(c1)OCO2. The van der Waals surface area contributed by atoms with Crippen molar-refractivity contribution in [3.8, 4) is 23.0 Å². The van der Waals surface area contributed by atoms with Gasteiger partial charge in [0.05, 0.1) is 12.3 Å². The van der Waals surface area contributed by atoms with Gasteiger partial charge in [-0.15, -0.1) is 0 Å². The zero-order chi connectivity index (χ0) is 25.9. The van der Waals surface area contributed by atoms with Crippen LogP contribution >= 0.6 is 0 Å². The number of carbonyl (C=O) groups is 3. The number of ether oxygens (including phenoxy) is 4. The Morgan fingerprint density at radius 3 is 2.49 bits per heavy atom. The molecule has 0 bridgehead atoms. The van der Waals surface area contributed by atoms with Crippen LogP contribution in [0, 0.1) is 6.92 Å². The lowest BCUT2D eigenvalue weighted by Gasteiger charge is -2.26. The Balaban J connectivity index is 1.38. The van der Waals surface area contributed by atoms with E-state index < -0.39 is 17.8 Å². The second-order valence-electron chi connectivity index (χ2n) is 8.41. The van der Waals surface area contributed by atoms with Gasteiger partial charge in [0.2, 0.25) is 6.79 Å². The van der Waals surface area contributed by atoms with Gasteiger partial charge in [-0.2, -0.15) is 0 Å². The first-order chi connectivity index (χ1) is 17.9. The highest BCUT2D eigenvalue weighted by Gasteiger charge is 2.36. The van der Waals surface area contributed by atoms with Crippen molar-refractivity contribution < 1.29 is 33.3 Å². The van der Waals surface area contributed by atoms with E-state index in [1.165, 1.54) is 6.08 Å². The van der Waals surface area contributed by atoms with Gasteiger partial charge in [0.1, 0.15) is 12.2 Å². The van der Waals surface area contributed by atoms with E-state index in [2.05, 4.69) is 5.32 Å². The number of carbonyl (C=O) groups excluding carboxylic acids is 3. The molecule has 3 aromatic rings. The number of hydrogen-bond donors (Lipinski definition) is 1. The Bertz CT molecular complexity index is 1410. The van der Waals surface area contributed by atoms with Gasteiger partial charge in [-0.05, 0) is 67.4 Å². The topological polar surface area (TPSA) is 103 Å². The Labute approximate surface area is 213 Å². The van der Waals surface area contributed by atoms with Crippen molar-refractivity contribution in [1.82, 2.24) is 5.32 Å². The molecule has 1 N–H and O–H groups in total. The number of amides is 4. The van der Waals surface area contributed by atoms with Gasteiger partial charge < -0.3 is 18.9 Å². The third-order valence-electron chi connectivity index (χ3n) is 5.80. The largest absolute Gasteiger partial charge is 0.490 e. The number of urea groups is 1. The van der Waals surface area contributed by atoms with E-state index in [4.69, 9.17) is 18.9 Å². The lowest BCUT2D eigenvalue weighted by Crippen LogP contribution is -2.54. The number of rotatable bonds is 7. The molecule has 2 aliphatic rings. The summed E-state index contributed by atoms with van der Waals surface area (Å²) in [5.41, 5.74) is 2.61. The minimum Gasteiger partial charge on any atom is -0.490 e. The molecule has 3 aromatic carbocycles. The van der Waals surface area contributed by atoms with Crippen LogP contribution < -0.4 is 29.2 Å². The molecule has 0 radical (unpaired) electrons. The summed E-state index contributed by atoms with van der Waals surface area (Å²) in [4.78, 5) is 39.1. The molecule has 4 amide bonds. The van der Waals surface area contributed by atoms with Crippen molar-refractivity contribution >= 4 is 29.6 Å². The number of benzene rings is 3. The molecule has 0 aliphatic carbocycles. The van der Waals surface area contributed by atoms with Gasteiger partial charge >= 0.3 is 6.03 Å². The molecule has 9 heteroatoms. The van der Waals surface area contributed by atoms with Crippen molar-refractivity contribution in [2.24, 2.45) is 0 Å². The summed E-state index contributed by atoms with van der Waals surface area (Å²) in [7, 11) is 0. The zero-order valence-corrected chi connectivity index (χ0v) is 20.3. The average molecular weight is 501 g/mol. The van der Waals surface area contributed by atoms with E-state index in [0.29, 0.717) is 40.9 Å². The summed E-state index contributed by atoms with van der Waals surface area (Å²) in [6.07, 6.45) is 1.43. The molecule has 0 aromatic heterocycles. The summed E-state index contributed by atoms with van der Waals surface area (Å²) < 4.78 is 22.5. The van der Waals surface area contributed by atoms with Crippen LogP contribution in [0.4, 0.5) is 10.5 Å². The van der Waals surface area contributed by atoms with E-state index in [0.717, 1.165) is 16.0 Å². The van der Waals surface area contributed by atoms with Crippen LogP contribution in [-0.4, -0.2) is 31.2 Å². The fraction of sp³-hybridized carbons (Fsp3) is 0.179. The van der Waals surface area contributed by atoms with Gasteiger partial charge in [0.15, 0.2) is 23.0 Å². The molecule has 188 valence electrons. The lowest BCUT2D eigenvalue weighted by atomic mass is 10.1. The van der Waals surface area contributed by atoms with Gasteiger partial charge in [0, 0.05) is 0 Å². The van der Waals surface area contributed by atoms with E-state index >= 15 is 0 Å². The average Bonchev–Trinajstić information content (AvgIpc) is 3.35. The van der Waals surface area contributed by atoms with Gasteiger partial charge in [0.25, 0.3) is 11.8 Å². The lowest BCUT2D eigenvalue weighted by molar-refractivity contribution is -0.122. The smallest absolute Gasteiger partial charge is 0.335 e. The first-order valence-corrected chi connectivity index (χ1v) is 11.7. The third kappa shape index (κ3) is 4.97. The zero-order valence-electron chi connectivity index (χ0n) is 20.3. The highest BCUT2D eigenvalue weighted by Crippen LogP contribution is 2.34. The number of hydrogen-bond acceptors (Lipinski definition) is 7. The first kappa shape index (κ1) is 23.9. The van der Waals surface area contributed by atoms with E-state index in [1.54, 1.807) is 42.5 Å². The number of fused-ring (bicyclic) bond motifs is 1. The third-order valence-corrected chi connectivity index (χ3v) is 5.80. The predicted molar refractivity (Wildman–Crippen MR) is 135 cm³/mol. The summed E-state index contributed by atoms with van der Waals surface area (Å²) in [5.74, 6) is 0.838. The van der Waals surface area contributed by atoms with E-state index in [-0.39, 0.29) is 19.0 Å². The Kier molecular flexibility index (Phi) is 6.51. The fourth-order valence-corrected chi connectivity index (χ4v) is 3.95. The van der Waals surface area contributed by atoms with Crippen molar-refractivity contribution in [1.29, 1.82) is 0 Å². The molecule has 5 rings (SSSR count). The van der Waals surface area contributed by atoms with Crippen LogP contribution in [0.25, 0.3) is 6.08 Å². The number of barbiturate groups is 1. The number of nitrogens with zero attached hydrogens (tertiary/aromatic N) is 1. The number of nitrogens with one attached hydrogen (secondary N) is 1. The van der Waals surface area contributed by atoms with Crippen molar-refractivity contribution in [3.05, 3.63) is 82.9 Å². The second kappa shape index (κ2) is 10.1. The molecular formula is C28H24N2O7. The van der Waals surface area contributed by atoms with Crippen molar-refractivity contribution in [2.75, 3.05) is 18.3 Å². The molecule has 1 saturated heterocycles. The Hall–Kier alpha value is -4.79. The number of imide groups is 2. The van der Waals surface area contributed by atoms with Crippen LogP contribution in [0.1, 0.15) is 23.6 Å². The minimum absolute atomic E-state index is 0.170. The summed E-state index contributed by atoms with van der Waals surface area (Å²) in [5, 5.41) is 2.23. The summed E-state index contributed by atoms with van der Waals surface area (Å²) in [6.45, 7) is 4.59. The normalized spacial score (nSPS) is 15.7. The van der Waals surface area contributed by atoms with Crippen LogP contribution in [0.2, 0.25) is 0 Å². The molecule has 2 aliphatic heterocycles. The first-order valence-electron chi connectivity index (χ1n) is 11.7. The Morgan fingerprint density at radius 1 is 0.919 bits per heavy atom. The molecular weight excluding hydrogens is 476 g/mol. The highest BCUT2D eigenvalue weighted by atomic mass is 16.7. The van der Waals surface area contributed by atoms with Gasteiger partial charge in [-0.1, -0.05) is 29.8 Å². The summed E-state index contributed by atoms with van der Waals surface area (Å²) in [6, 6.07) is 16.7. The molecule has 9 nitrogen and oxygen atoms in total. The van der Waals surface area contributed by atoms with Crippen LogP contribution in [0.5, 0.6) is 23.0 Å². The fourth-order valence-electron chi connectivity index (χ4n) is 3.95. The van der Waals surface area contributed by atoms with Crippen molar-refractivity contribution in [3.63, 3.8) is 0 Å². The molecule has 0 unspecified atom stereocenters. The molecule has 37 heavy (non-hydrogen) atoms. The standard InChI is InChI=1S/C28H24N2O7/c1-3-34-24-13-18(6-10-22(24)35-15-19-7-11-23-25(14-19)37-16-36-23)12-21-26(31)29-28(33)30(27(21)32)20-8-4-17(2)5-9-20/h4-14H,3,15-16H2,1-2H3,(H,29,31,33)/b21-12+. The molecule has 0 spiro atoms. The molecule has 0 atom stereocenters.